The Morgan fingerprint density at radius 2 is 2.13 bits per heavy atom. The van der Waals surface area contributed by atoms with E-state index in [2.05, 4.69) is 5.10 Å². The highest BCUT2D eigenvalue weighted by atomic mass is 16.4. The van der Waals surface area contributed by atoms with Gasteiger partial charge >= 0.3 is 5.97 Å². The minimum absolute atomic E-state index is 0.0811. The van der Waals surface area contributed by atoms with Crippen molar-refractivity contribution in [1.82, 2.24) is 19.6 Å². The van der Waals surface area contributed by atoms with Crippen LogP contribution in [0.1, 0.15) is 25.3 Å². The minimum atomic E-state index is -0.801. The average Bonchev–Trinajstić information content (AvgIpc) is 2.99. The fourth-order valence-corrected chi connectivity index (χ4v) is 3.12. The third kappa shape index (κ3) is 4.31. The van der Waals surface area contributed by atoms with Crippen LogP contribution in [-0.4, -0.2) is 69.8 Å². The van der Waals surface area contributed by atoms with Gasteiger partial charge in [-0.25, -0.2) is 0 Å². The second-order valence-corrected chi connectivity index (χ2v) is 6.31. The molecule has 0 aromatic carbocycles. The molecule has 0 spiro atoms. The van der Waals surface area contributed by atoms with Gasteiger partial charge in [0, 0.05) is 39.9 Å². The number of carboxylic acids is 1. The van der Waals surface area contributed by atoms with Gasteiger partial charge in [0.1, 0.15) is 6.04 Å². The van der Waals surface area contributed by atoms with Gasteiger partial charge in [0.2, 0.25) is 5.91 Å². The lowest BCUT2D eigenvalue weighted by Gasteiger charge is -2.37. The summed E-state index contributed by atoms with van der Waals surface area (Å²) in [5, 5.41) is 13.7. The number of carboxylic acid groups (broad SMARTS) is 1. The molecule has 0 bridgehead atoms. The Morgan fingerprint density at radius 3 is 2.70 bits per heavy atom. The van der Waals surface area contributed by atoms with Gasteiger partial charge in [-0.05, 0) is 31.7 Å². The van der Waals surface area contributed by atoms with Crippen molar-refractivity contribution in [1.29, 1.82) is 0 Å². The normalized spacial score (nSPS) is 22.0. The first kappa shape index (κ1) is 17.5. The molecule has 1 aliphatic heterocycles. The molecule has 7 heteroatoms. The smallest absolute Gasteiger partial charge is 0.320 e. The summed E-state index contributed by atoms with van der Waals surface area (Å²) < 4.78 is 1.86. The molecule has 1 saturated heterocycles. The van der Waals surface area contributed by atoms with Crippen LogP contribution >= 0.6 is 0 Å². The molecule has 1 aliphatic rings. The number of hydrogen-bond donors (Lipinski definition) is 1. The predicted octanol–water partition coefficient (Wildman–Crippen LogP) is 0.699. The molecule has 2 unspecified atom stereocenters. The van der Waals surface area contributed by atoms with Crippen molar-refractivity contribution in [3.8, 4) is 0 Å². The fraction of sp³-hybridized carbons (Fsp3) is 0.688. The number of carbonyl (C=O) groups excluding carboxylic acids is 1. The number of amides is 1. The quantitative estimate of drug-likeness (QED) is 0.834. The van der Waals surface area contributed by atoms with Crippen LogP contribution < -0.4 is 0 Å². The first-order valence-corrected chi connectivity index (χ1v) is 8.11. The van der Waals surface area contributed by atoms with Crippen molar-refractivity contribution in [3.63, 3.8) is 0 Å². The van der Waals surface area contributed by atoms with E-state index in [1.807, 2.05) is 28.9 Å². The molecule has 2 heterocycles. The van der Waals surface area contributed by atoms with Gasteiger partial charge in [0.15, 0.2) is 0 Å². The molecule has 1 amide bonds. The number of nitrogens with zero attached hydrogens (tertiary/aromatic N) is 4. The van der Waals surface area contributed by atoms with E-state index in [9.17, 15) is 14.7 Å². The highest BCUT2D eigenvalue weighted by Crippen LogP contribution is 2.24. The zero-order valence-electron chi connectivity index (χ0n) is 14.1. The van der Waals surface area contributed by atoms with E-state index in [-0.39, 0.29) is 11.8 Å². The van der Waals surface area contributed by atoms with Gasteiger partial charge in [0.05, 0.1) is 12.1 Å². The van der Waals surface area contributed by atoms with E-state index in [4.69, 9.17) is 0 Å². The van der Waals surface area contributed by atoms with Gasteiger partial charge in [-0.2, -0.15) is 5.10 Å². The number of aliphatic carboxylic acids is 1. The Kier molecular flexibility index (Phi) is 5.76. The largest absolute Gasteiger partial charge is 0.480 e. The van der Waals surface area contributed by atoms with Crippen LogP contribution in [0, 0.1) is 5.92 Å². The van der Waals surface area contributed by atoms with Crippen LogP contribution in [0.5, 0.6) is 0 Å². The van der Waals surface area contributed by atoms with Crippen LogP contribution in [0.4, 0.5) is 0 Å². The topological polar surface area (TPSA) is 78.7 Å². The molecular formula is C16H26N4O3. The molecule has 2 rings (SSSR count). The van der Waals surface area contributed by atoms with E-state index in [1.165, 1.54) is 0 Å². The standard InChI is InChI=1S/C16H26N4O3/c1-4-20-10-12(9-17-20)7-8-19-11-13(15(21)18(2)3)5-6-14(19)16(22)23/h9-10,13-14H,4-8,11H2,1-3H3,(H,22,23). The second kappa shape index (κ2) is 7.59. The van der Waals surface area contributed by atoms with Gasteiger partial charge in [0.25, 0.3) is 0 Å². The Morgan fingerprint density at radius 1 is 1.39 bits per heavy atom. The summed E-state index contributed by atoms with van der Waals surface area (Å²) >= 11 is 0. The number of aryl methyl sites for hydroxylation is 1. The molecule has 1 aromatic rings. The number of likely N-dealkylation sites (tertiary alicyclic amines) is 1. The van der Waals surface area contributed by atoms with Crippen molar-refractivity contribution in [2.45, 2.75) is 38.8 Å². The number of rotatable bonds is 6. The minimum Gasteiger partial charge on any atom is -0.480 e. The fourth-order valence-electron chi connectivity index (χ4n) is 3.12. The van der Waals surface area contributed by atoms with E-state index in [0.29, 0.717) is 25.9 Å². The third-order valence-electron chi connectivity index (χ3n) is 4.46. The lowest BCUT2D eigenvalue weighted by molar-refractivity contribution is -0.148. The Bertz CT molecular complexity index is 555. The maximum atomic E-state index is 12.2. The molecule has 0 saturated carbocycles. The van der Waals surface area contributed by atoms with Crippen molar-refractivity contribution >= 4 is 11.9 Å². The summed E-state index contributed by atoms with van der Waals surface area (Å²) in [5.41, 5.74) is 1.09. The molecule has 0 radical (unpaired) electrons. The summed E-state index contributed by atoms with van der Waals surface area (Å²) in [6, 6.07) is -0.498. The predicted molar refractivity (Wildman–Crippen MR) is 86.0 cm³/mol. The number of piperidine rings is 1. The third-order valence-corrected chi connectivity index (χ3v) is 4.46. The van der Waals surface area contributed by atoms with Crippen LogP contribution in [0.15, 0.2) is 12.4 Å². The first-order chi connectivity index (χ1) is 10.9. The van der Waals surface area contributed by atoms with Gasteiger partial charge in [-0.15, -0.1) is 0 Å². The molecule has 1 aromatic heterocycles. The zero-order valence-corrected chi connectivity index (χ0v) is 14.1. The van der Waals surface area contributed by atoms with Crippen LogP contribution in [0.2, 0.25) is 0 Å². The van der Waals surface area contributed by atoms with Crippen LogP contribution in [0.25, 0.3) is 0 Å². The van der Waals surface area contributed by atoms with Crippen LogP contribution in [0.3, 0.4) is 0 Å². The Labute approximate surface area is 136 Å². The monoisotopic (exact) mass is 322 g/mol. The van der Waals surface area contributed by atoms with E-state index in [1.54, 1.807) is 19.0 Å². The molecular weight excluding hydrogens is 296 g/mol. The molecule has 128 valence electrons. The average molecular weight is 322 g/mol. The van der Waals surface area contributed by atoms with Crippen molar-refractivity contribution in [2.75, 3.05) is 27.2 Å². The Balaban J connectivity index is 2.01. The zero-order chi connectivity index (χ0) is 17.0. The number of hydrogen-bond acceptors (Lipinski definition) is 4. The second-order valence-electron chi connectivity index (χ2n) is 6.31. The van der Waals surface area contributed by atoms with Gasteiger partial charge in [-0.3, -0.25) is 19.2 Å². The lowest BCUT2D eigenvalue weighted by atomic mass is 9.91. The highest BCUT2D eigenvalue weighted by molar-refractivity contribution is 5.79. The Hall–Kier alpha value is -1.89. The maximum Gasteiger partial charge on any atom is 0.320 e. The highest BCUT2D eigenvalue weighted by Gasteiger charge is 2.35. The van der Waals surface area contributed by atoms with E-state index in [0.717, 1.165) is 18.5 Å². The van der Waals surface area contributed by atoms with E-state index >= 15 is 0 Å². The van der Waals surface area contributed by atoms with Gasteiger partial charge in [-0.1, -0.05) is 0 Å². The van der Waals surface area contributed by atoms with Crippen molar-refractivity contribution in [3.05, 3.63) is 18.0 Å². The van der Waals surface area contributed by atoms with E-state index < -0.39 is 12.0 Å². The molecule has 1 N–H and O–H groups in total. The van der Waals surface area contributed by atoms with Crippen molar-refractivity contribution in [2.24, 2.45) is 5.92 Å². The number of carbonyl (C=O) groups is 2. The first-order valence-electron chi connectivity index (χ1n) is 8.11. The SMILES string of the molecule is CCn1cc(CCN2CC(C(=O)N(C)C)CCC2C(=O)O)cn1. The molecule has 2 atom stereocenters. The lowest BCUT2D eigenvalue weighted by Crippen LogP contribution is -2.51. The molecule has 1 fully saturated rings. The van der Waals surface area contributed by atoms with Crippen LogP contribution in [-0.2, 0) is 22.6 Å². The number of aromatic nitrogens is 2. The molecule has 0 aliphatic carbocycles. The van der Waals surface area contributed by atoms with Crippen molar-refractivity contribution < 1.29 is 14.7 Å². The van der Waals surface area contributed by atoms with Gasteiger partial charge < -0.3 is 10.0 Å². The summed E-state index contributed by atoms with van der Waals surface area (Å²) in [4.78, 5) is 27.2. The maximum absolute atomic E-state index is 12.2. The summed E-state index contributed by atoms with van der Waals surface area (Å²) in [7, 11) is 3.49. The molecule has 23 heavy (non-hydrogen) atoms. The summed E-state index contributed by atoms with van der Waals surface area (Å²) in [5.74, 6) is -0.832. The summed E-state index contributed by atoms with van der Waals surface area (Å²) in [6.07, 6.45) is 5.71. The molecule has 7 nitrogen and oxygen atoms in total. The summed E-state index contributed by atoms with van der Waals surface area (Å²) in [6.45, 7) is 3.99.